The number of halogens is 1. The van der Waals surface area contributed by atoms with Crippen LogP contribution in [-0.4, -0.2) is 39.1 Å². The monoisotopic (exact) mass is 384 g/mol. The average molecular weight is 385 g/mol. The molecule has 0 aliphatic carbocycles. The number of H-pyrrole nitrogens is 1. The van der Waals surface area contributed by atoms with Gasteiger partial charge in [-0.05, 0) is 31.2 Å². The molecule has 27 heavy (non-hydrogen) atoms. The Kier molecular flexibility index (Phi) is 4.45. The van der Waals surface area contributed by atoms with Crippen molar-refractivity contribution in [1.82, 2.24) is 20.3 Å². The molecule has 8 heteroatoms. The SMILES string of the molecule is CCOc1cc(-c2nccc(-c3cc4c([nH]3)CCNC4=O)n2)cc(Cl)c1O. The Labute approximate surface area is 160 Å². The van der Waals surface area contributed by atoms with Crippen molar-refractivity contribution in [1.29, 1.82) is 0 Å². The lowest BCUT2D eigenvalue weighted by Gasteiger charge is -2.11. The Morgan fingerprint density at radius 3 is 2.96 bits per heavy atom. The summed E-state index contributed by atoms with van der Waals surface area (Å²) in [6.07, 6.45) is 2.39. The number of hydrogen-bond donors (Lipinski definition) is 3. The average Bonchev–Trinajstić information content (AvgIpc) is 3.11. The van der Waals surface area contributed by atoms with Gasteiger partial charge in [-0.2, -0.15) is 0 Å². The largest absolute Gasteiger partial charge is 0.503 e. The molecule has 0 atom stereocenters. The first-order valence-corrected chi connectivity index (χ1v) is 8.93. The number of amides is 1. The molecule has 2 aromatic heterocycles. The molecule has 1 aliphatic rings. The van der Waals surface area contributed by atoms with Crippen molar-refractivity contribution < 1.29 is 14.6 Å². The van der Waals surface area contributed by atoms with Crippen LogP contribution in [0.1, 0.15) is 23.0 Å². The molecular weight excluding hydrogens is 368 g/mol. The van der Waals surface area contributed by atoms with Gasteiger partial charge in [0.15, 0.2) is 17.3 Å². The van der Waals surface area contributed by atoms with Crippen LogP contribution in [0.2, 0.25) is 5.02 Å². The Bertz CT molecular complexity index is 1030. The van der Waals surface area contributed by atoms with Gasteiger partial charge in [-0.25, -0.2) is 9.97 Å². The summed E-state index contributed by atoms with van der Waals surface area (Å²) in [7, 11) is 0. The van der Waals surface area contributed by atoms with Crippen LogP contribution >= 0.6 is 11.6 Å². The van der Waals surface area contributed by atoms with E-state index >= 15 is 0 Å². The van der Waals surface area contributed by atoms with E-state index in [9.17, 15) is 9.90 Å². The fraction of sp³-hybridized carbons (Fsp3) is 0.211. The summed E-state index contributed by atoms with van der Waals surface area (Å²) >= 11 is 6.11. The van der Waals surface area contributed by atoms with Crippen molar-refractivity contribution in [2.75, 3.05) is 13.2 Å². The number of hydrogen-bond acceptors (Lipinski definition) is 5. The number of phenolic OH excluding ortho intramolecular Hbond substituents is 1. The summed E-state index contributed by atoms with van der Waals surface area (Å²) in [5.41, 5.74) is 3.57. The van der Waals surface area contributed by atoms with Crippen molar-refractivity contribution in [3.63, 3.8) is 0 Å². The molecule has 0 saturated heterocycles. The molecule has 4 rings (SSSR count). The van der Waals surface area contributed by atoms with Crippen molar-refractivity contribution in [2.45, 2.75) is 13.3 Å². The fourth-order valence-electron chi connectivity index (χ4n) is 3.05. The topological polar surface area (TPSA) is 100 Å². The summed E-state index contributed by atoms with van der Waals surface area (Å²) in [6, 6.07) is 6.80. The molecule has 138 valence electrons. The Morgan fingerprint density at radius 2 is 2.19 bits per heavy atom. The maximum Gasteiger partial charge on any atom is 0.253 e. The second-order valence-electron chi connectivity index (χ2n) is 6.08. The van der Waals surface area contributed by atoms with E-state index in [1.807, 2.05) is 6.92 Å². The summed E-state index contributed by atoms with van der Waals surface area (Å²) in [5, 5.41) is 13.0. The number of ether oxygens (including phenoxy) is 1. The molecule has 3 heterocycles. The van der Waals surface area contributed by atoms with Gasteiger partial charge in [0.25, 0.3) is 5.91 Å². The molecular formula is C19H17ClN4O3. The number of rotatable bonds is 4. The smallest absolute Gasteiger partial charge is 0.253 e. The minimum atomic E-state index is -0.110. The minimum Gasteiger partial charge on any atom is -0.503 e. The predicted molar refractivity (Wildman–Crippen MR) is 101 cm³/mol. The molecule has 1 aromatic carbocycles. The van der Waals surface area contributed by atoms with E-state index in [0.717, 1.165) is 17.8 Å². The van der Waals surface area contributed by atoms with Crippen LogP contribution in [0.4, 0.5) is 0 Å². The first-order chi connectivity index (χ1) is 13.1. The summed E-state index contributed by atoms with van der Waals surface area (Å²) in [6.45, 7) is 2.83. The van der Waals surface area contributed by atoms with Crippen LogP contribution in [0.5, 0.6) is 11.5 Å². The number of nitrogens with zero attached hydrogens (tertiary/aromatic N) is 2. The van der Waals surface area contributed by atoms with Gasteiger partial charge in [-0.15, -0.1) is 0 Å². The van der Waals surface area contributed by atoms with Crippen molar-refractivity contribution in [2.24, 2.45) is 0 Å². The fourth-order valence-corrected chi connectivity index (χ4v) is 3.26. The van der Waals surface area contributed by atoms with Crippen LogP contribution in [0.15, 0.2) is 30.5 Å². The molecule has 1 aliphatic heterocycles. The van der Waals surface area contributed by atoms with Crippen LogP contribution in [0, 0.1) is 0 Å². The quantitative estimate of drug-likeness (QED) is 0.641. The van der Waals surface area contributed by atoms with E-state index in [1.165, 1.54) is 0 Å². The first kappa shape index (κ1) is 17.4. The molecule has 0 fully saturated rings. The summed E-state index contributed by atoms with van der Waals surface area (Å²) in [4.78, 5) is 24.1. The van der Waals surface area contributed by atoms with Crippen molar-refractivity contribution in [3.05, 3.63) is 46.7 Å². The normalized spacial score (nSPS) is 13.2. The third-order valence-electron chi connectivity index (χ3n) is 4.32. The standard InChI is InChI=1S/C19H17ClN4O3/c1-2-27-16-8-10(7-12(20)17(16)25)18-21-5-4-14(24-18)15-9-11-13(23-15)3-6-22-19(11)26/h4-5,7-9,23,25H,2-3,6H2,1H3,(H,22,26). The number of fused-ring (bicyclic) bond motifs is 1. The minimum absolute atomic E-state index is 0.0836. The summed E-state index contributed by atoms with van der Waals surface area (Å²) in [5.74, 6) is 0.523. The molecule has 0 saturated carbocycles. The number of nitrogens with one attached hydrogen (secondary N) is 2. The van der Waals surface area contributed by atoms with Gasteiger partial charge in [0.1, 0.15) is 0 Å². The summed E-state index contributed by atoms with van der Waals surface area (Å²) < 4.78 is 5.42. The van der Waals surface area contributed by atoms with Gasteiger partial charge in [0, 0.05) is 30.4 Å². The van der Waals surface area contributed by atoms with Crippen molar-refractivity contribution in [3.8, 4) is 34.3 Å². The van der Waals surface area contributed by atoms with Crippen LogP contribution in [0.3, 0.4) is 0 Å². The van der Waals surface area contributed by atoms with Crippen LogP contribution < -0.4 is 10.1 Å². The van der Waals surface area contributed by atoms with E-state index in [2.05, 4.69) is 20.3 Å². The Hall–Kier alpha value is -3.06. The maximum absolute atomic E-state index is 12.0. The van der Waals surface area contributed by atoms with E-state index in [4.69, 9.17) is 16.3 Å². The highest BCUT2D eigenvalue weighted by atomic mass is 35.5. The predicted octanol–water partition coefficient (Wildman–Crippen LogP) is 3.18. The third-order valence-corrected chi connectivity index (χ3v) is 4.61. The van der Waals surface area contributed by atoms with Crippen molar-refractivity contribution >= 4 is 17.5 Å². The highest BCUT2D eigenvalue weighted by Crippen LogP contribution is 2.38. The molecule has 0 spiro atoms. The van der Waals surface area contributed by atoms with Crippen LogP contribution in [0.25, 0.3) is 22.8 Å². The number of aromatic hydroxyl groups is 1. The molecule has 0 radical (unpaired) electrons. The van der Waals surface area contributed by atoms with E-state index in [0.29, 0.717) is 35.8 Å². The molecule has 0 unspecified atom stereocenters. The Morgan fingerprint density at radius 1 is 1.33 bits per heavy atom. The maximum atomic E-state index is 12.0. The lowest BCUT2D eigenvalue weighted by Crippen LogP contribution is -2.31. The molecule has 3 N–H and O–H groups in total. The second-order valence-corrected chi connectivity index (χ2v) is 6.49. The van der Waals surface area contributed by atoms with E-state index in [1.54, 1.807) is 30.5 Å². The second kappa shape index (κ2) is 6.92. The zero-order chi connectivity index (χ0) is 19.0. The van der Waals surface area contributed by atoms with Gasteiger partial charge in [-0.1, -0.05) is 11.6 Å². The highest BCUT2D eigenvalue weighted by molar-refractivity contribution is 6.32. The van der Waals surface area contributed by atoms with Gasteiger partial charge >= 0.3 is 0 Å². The van der Waals surface area contributed by atoms with E-state index < -0.39 is 0 Å². The lowest BCUT2D eigenvalue weighted by atomic mass is 10.1. The number of carbonyl (C=O) groups excluding carboxylic acids is 1. The van der Waals surface area contributed by atoms with Gasteiger partial charge in [0.2, 0.25) is 0 Å². The van der Waals surface area contributed by atoms with E-state index in [-0.39, 0.29) is 22.4 Å². The van der Waals surface area contributed by atoms with Gasteiger partial charge < -0.3 is 20.1 Å². The van der Waals surface area contributed by atoms with Gasteiger partial charge in [0.05, 0.1) is 28.6 Å². The zero-order valence-electron chi connectivity index (χ0n) is 14.5. The number of phenols is 1. The van der Waals surface area contributed by atoms with Crippen LogP contribution in [-0.2, 0) is 6.42 Å². The van der Waals surface area contributed by atoms with Gasteiger partial charge in [-0.3, -0.25) is 4.79 Å². The third kappa shape index (κ3) is 3.21. The zero-order valence-corrected chi connectivity index (χ0v) is 15.3. The number of aromatic nitrogens is 3. The molecule has 3 aromatic rings. The molecule has 0 bridgehead atoms. The highest BCUT2D eigenvalue weighted by Gasteiger charge is 2.21. The Balaban J connectivity index is 1.75. The first-order valence-electron chi connectivity index (χ1n) is 8.56. The number of benzene rings is 1. The number of aromatic amines is 1. The lowest BCUT2D eigenvalue weighted by molar-refractivity contribution is 0.0946. The molecule has 1 amide bonds. The number of carbonyl (C=O) groups is 1. The molecule has 7 nitrogen and oxygen atoms in total.